The Hall–Kier alpha value is -1.99. The number of allylic oxidation sites excluding steroid dienone is 1. The summed E-state index contributed by atoms with van der Waals surface area (Å²) in [6.45, 7) is 7.33. The summed E-state index contributed by atoms with van der Waals surface area (Å²) in [7, 11) is 0. The van der Waals surface area contributed by atoms with Crippen LogP contribution in [0.5, 0.6) is 0 Å². The lowest BCUT2D eigenvalue weighted by Gasteiger charge is -2.41. The first-order valence-corrected chi connectivity index (χ1v) is 9.55. The van der Waals surface area contributed by atoms with Crippen molar-refractivity contribution in [3.63, 3.8) is 0 Å². The minimum Gasteiger partial charge on any atom is -0.454 e. The molecule has 150 valence electrons. The molecule has 1 N–H and O–H groups in total. The van der Waals surface area contributed by atoms with Crippen molar-refractivity contribution < 1.29 is 28.8 Å². The van der Waals surface area contributed by atoms with Gasteiger partial charge < -0.3 is 24.1 Å². The number of benzene rings is 1. The van der Waals surface area contributed by atoms with Gasteiger partial charge in [0.05, 0.1) is 17.3 Å². The van der Waals surface area contributed by atoms with Crippen LogP contribution in [0.3, 0.4) is 0 Å². The molecule has 0 unspecified atom stereocenters. The van der Waals surface area contributed by atoms with Gasteiger partial charge >= 0.3 is 5.97 Å². The smallest absolute Gasteiger partial charge is 0.338 e. The number of hydrogen-bond acceptors (Lipinski definition) is 6. The molecule has 4 rings (SSSR count). The van der Waals surface area contributed by atoms with Crippen LogP contribution in [-0.2, 0) is 18.9 Å². The van der Waals surface area contributed by atoms with Crippen LogP contribution in [0.1, 0.15) is 43.5 Å². The molecule has 1 aromatic carbocycles. The highest BCUT2D eigenvalue weighted by atomic mass is 16.8. The van der Waals surface area contributed by atoms with Gasteiger partial charge in [-0.25, -0.2) is 4.79 Å². The molecule has 6 nitrogen and oxygen atoms in total. The summed E-state index contributed by atoms with van der Waals surface area (Å²) in [4.78, 5) is 12.6. The molecule has 0 amide bonds. The fraction of sp³-hybridized carbons (Fsp3) is 0.500. The van der Waals surface area contributed by atoms with E-state index in [9.17, 15) is 9.90 Å². The van der Waals surface area contributed by atoms with E-state index in [0.717, 1.165) is 5.57 Å². The lowest BCUT2D eigenvalue weighted by atomic mass is 9.77. The summed E-state index contributed by atoms with van der Waals surface area (Å²) in [6.07, 6.45) is 4.08. The van der Waals surface area contributed by atoms with E-state index in [4.69, 9.17) is 18.9 Å². The SMILES string of the molecule is C=CCC1=C[C@]23C[C@H](C(C)(C)O)O[C@@]2(C[C@@H]1OC(=O)c1ccccc1)OCO3. The second-order valence-electron chi connectivity index (χ2n) is 8.19. The average Bonchev–Trinajstić information content (AvgIpc) is 3.15. The molecule has 1 aromatic rings. The molecule has 2 aliphatic heterocycles. The summed E-state index contributed by atoms with van der Waals surface area (Å²) >= 11 is 0. The third-order valence-corrected chi connectivity index (χ3v) is 5.79. The van der Waals surface area contributed by atoms with Crippen molar-refractivity contribution in [3.05, 3.63) is 60.2 Å². The lowest BCUT2D eigenvalue weighted by molar-refractivity contribution is -0.248. The fourth-order valence-corrected chi connectivity index (χ4v) is 4.25. The molecule has 1 aliphatic carbocycles. The van der Waals surface area contributed by atoms with Crippen LogP contribution in [-0.4, -0.2) is 47.1 Å². The molecule has 3 aliphatic rings. The van der Waals surface area contributed by atoms with E-state index in [1.165, 1.54) is 0 Å². The molecular formula is C22H26O6. The van der Waals surface area contributed by atoms with Crippen LogP contribution in [0.2, 0.25) is 0 Å². The van der Waals surface area contributed by atoms with Crippen LogP contribution in [0.4, 0.5) is 0 Å². The van der Waals surface area contributed by atoms with Gasteiger partial charge in [0, 0.05) is 12.8 Å². The van der Waals surface area contributed by atoms with Crippen LogP contribution in [0.25, 0.3) is 0 Å². The molecule has 2 fully saturated rings. The maximum Gasteiger partial charge on any atom is 0.338 e. The van der Waals surface area contributed by atoms with Gasteiger partial charge in [-0.15, -0.1) is 6.58 Å². The Morgan fingerprint density at radius 2 is 2.07 bits per heavy atom. The van der Waals surface area contributed by atoms with E-state index < -0.39 is 35.2 Å². The molecule has 2 heterocycles. The summed E-state index contributed by atoms with van der Waals surface area (Å²) in [5, 5.41) is 10.5. The van der Waals surface area contributed by atoms with Gasteiger partial charge in [0.25, 0.3) is 0 Å². The maximum absolute atomic E-state index is 12.6. The summed E-state index contributed by atoms with van der Waals surface area (Å²) < 4.78 is 24.0. The van der Waals surface area contributed by atoms with E-state index >= 15 is 0 Å². The quantitative estimate of drug-likeness (QED) is 0.619. The van der Waals surface area contributed by atoms with Crippen LogP contribution in [0, 0.1) is 0 Å². The minimum atomic E-state index is -1.08. The first kappa shape index (κ1) is 19.3. The largest absolute Gasteiger partial charge is 0.454 e. The standard InChI is InChI=1S/C22H26O6/c1-4-8-16-11-21-13-18(20(2,3)24)28-22(21,26-14-25-21)12-17(16)27-19(23)15-9-6-5-7-10-15/h4-7,9-11,17-18,24H,1,8,12-14H2,2-3H3/t17-,18+,21-,22+/m0/s1. The Bertz CT molecular complexity index is 795. The fourth-order valence-electron chi connectivity index (χ4n) is 4.25. The first-order valence-electron chi connectivity index (χ1n) is 9.55. The van der Waals surface area contributed by atoms with E-state index in [2.05, 4.69) is 6.58 Å². The number of esters is 1. The molecule has 0 spiro atoms. The molecular weight excluding hydrogens is 360 g/mol. The van der Waals surface area contributed by atoms with Crippen molar-refractivity contribution in [3.8, 4) is 0 Å². The zero-order valence-corrected chi connectivity index (χ0v) is 16.2. The highest BCUT2D eigenvalue weighted by Gasteiger charge is 2.69. The Labute approximate surface area is 164 Å². The number of carbonyl (C=O) groups excluding carboxylic acids is 1. The molecule has 0 saturated carbocycles. The molecule has 28 heavy (non-hydrogen) atoms. The third-order valence-electron chi connectivity index (χ3n) is 5.79. The van der Waals surface area contributed by atoms with Crippen molar-refractivity contribution >= 4 is 5.97 Å². The van der Waals surface area contributed by atoms with Gasteiger partial charge in [-0.1, -0.05) is 24.3 Å². The Kier molecular flexibility index (Phi) is 4.70. The van der Waals surface area contributed by atoms with E-state index in [1.807, 2.05) is 12.1 Å². The molecule has 6 heteroatoms. The van der Waals surface area contributed by atoms with Gasteiger partial charge in [0.2, 0.25) is 5.79 Å². The number of rotatable bonds is 5. The van der Waals surface area contributed by atoms with Gasteiger partial charge in [-0.2, -0.15) is 0 Å². The minimum absolute atomic E-state index is 0.0931. The summed E-state index contributed by atoms with van der Waals surface area (Å²) in [5.74, 6) is -1.48. The highest BCUT2D eigenvalue weighted by Crippen LogP contribution is 2.56. The van der Waals surface area contributed by atoms with Crippen molar-refractivity contribution in [2.45, 2.75) is 62.3 Å². The number of ether oxygens (including phenoxy) is 4. The Morgan fingerprint density at radius 1 is 1.32 bits per heavy atom. The summed E-state index contributed by atoms with van der Waals surface area (Å²) in [5.41, 5.74) is -0.462. The molecule has 4 atom stereocenters. The molecule has 2 saturated heterocycles. The van der Waals surface area contributed by atoms with Crippen molar-refractivity contribution in [1.82, 2.24) is 0 Å². The monoisotopic (exact) mass is 386 g/mol. The highest BCUT2D eigenvalue weighted by molar-refractivity contribution is 5.89. The molecule has 0 aromatic heterocycles. The second kappa shape index (κ2) is 6.81. The van der Waals surface area contributed by atoms with Crippen LogP contribution >= 0.6 is 0 Å². The van der Waals surface area contributed by atoms with E-state index in [0.29, 0.717) is 24.8 Å². The van der Waals surface area contributed by atoms with Crippen molar-refractivity contribution in [2.24, 2.45) is 0 Å². The molecule has 0 radical (unpaired) electrons. The number of carbonyl (C=O) groups is 1. The average molecular weight is 386 g/mol. The van der Waals surface area contributed by atoms with Gasteiger partial charge in [0.15, 0.2) is 6.79 Å². The van der Waals surface area contributed by atoms with Gasteiger partial charge in [0.1, 0.15) is 11.7 Å². The zero-order chi connectivity index (χ0) is 20.0. The number of aliphatic hydroxyl groups is 1. The Balaban J connectivity index is 1.65. The van der Waals surface area contributed by atoms with E-state index in [1.54, 1.807) is 44.2 Å². The topological polar surface area (TPSA) is 74.2 Å². The second-order valence-corrected chi connectivity index (χ2v) is 8.19. The molecule has 0 bridgehead atoms. The van der Waals surface area contributed by atoms with Crippen molar-refractivity contribution in [2.75, 3.05) is 6.79 Å². The first-order chi connectivity index (χ1) is 13.3. The lowest BCUT2D eigenvalue weighted by Crippen LogP contribution is -2.53. The van der Waals surface area contributed by atoms with E-state index in [-0.39, 0.29) is 6.79 Å². The zero-order valence-electron chi connectivity index (χ0n) is 16.2. The van der Waals surface area contributed by atoms with Gasteiger partial charge in [-0.05, 0) is 44.1 Å². The Morgan fingerprint density at radius 3 is 2.75 bits per heavy atom. The van der Waals surface area contributed by atoms with Crippen LogP contribution < -0.4 is 0 Å². The van der Waals surface area contributed by atoms with Crippen LogP contribution in [0.15, 0.2) is 54.6 Å². The predicted octanol–water partition coefficient (Wildman–Crippen LogP) is 3.12. The normalized spacial score (nSPS) is 34.3. The predicted molar refractivity (Wildman–Crippen MR) is 101 cm³/mol. The summed E-state index contributed by atoms with van der Waals surface area (Å²) in [6, 6.07) is 8.88. The maximum atomic E-state index is 12.6. The van der Waals surface area contributed by atoms with Crippen molar-refractivity contribution in [1.29, 1.82) is 0 Å². The van der Waals surface area contributed by atoms with Gasteiger partial charge in [-0.3, -0.25) is 0 Å². The number of hydrogen-bond donors (Lipinski definition) is 1. The third kappa shape index (κ3) is 3.10.